The average Bonchev–Trinajstić information content (AvgIpc) is 3.29. The van der Waals surface area contributed by atoms with Crippen molar-refractivity contribution < 1.29 is 22.4 Å². The number of aromatic amines is 1. The number of hydrogen-bond acceptors (Lipinski definition) is 4. The quantitative estimate of drug-likeness (QED) is 0.372. The molecule has 4 rings (SSSR count). The van der Waals surface area contributed by atoms with E-state index in [9.17, 15) is 22.4 Å². The van der Waals surface area contributed by atoms with Gasteiger partial charge in [-0.05, 0) is 52.7 Å². The van der Waals surface area contributed by atoms with Crippen molar-refractivity contribution in [2.45, 2.75) is 6.18 Å². The largest absolute Gasteiger partial charge is 0.418 e. The fourth-order valence-corrected chi connectivity index (χ4v) is 3.05. The molecule has 0 aliphatic rings. The van der Waals surface area contributed by atoms with Crippen LogP contribution in [0.2, 0.25) is 0 Å². The third-order valence-corrected chi connectivity index (χ3v) is 4.51. The normalized spacial score (nSPS) is 11.2. The van der Waals surface area contributed by atoms with Gasteiger partial charge in [-0.2, -0.15) is 18.4 Å². The Morgan fingerprint density at radius 2 is 1.56 bits per heavy atom. The number of tetrazole rings is 1. The molecule has 0 unspecified atom stereocenters. The van der Waals surface area contributed by atoms with Crippen molar-refractivity contribution in [1.29, 1.82) is 0 Å². The van der Waals surface area contributed by atoms with E-state index >= 15 is 0 Å². The van der Waals surface area contributed by atoms with Crippen LogP contribution in [0.5, 0.6) is 0 Å². The zero-order chi connectivity index (χ0) is 22.7. The van der Waals surface area contributed by atoms with Crippen LogP contribution in [0.4, 0.5) is 33.7 Å². The van der Waals surface area contributed by atoms with Gasteiger partial charge in [0.1, 0.15) is 5.82 Å². The van der Waals surface area contributed by atoms with Gasteiger partial charge in [0.15, 0.2) is 0 Å². The molecule has 7 nitrogen and oxygen atoms in total. The standard InChI is InChI=1S/C21H14F4N6O/c22-14-8-5-12(6-9-14)13-7-10-17(15(11-13)19-28-30-31-29-19)26-20(32)27-18-4-2-1-3-16(18)21(23,24)25/h1-11H,(H2,26,27,32)(H,28,29,30,31). The van der Waals surface area contributed by atoms with Gasteiger partial charge in [0, 0.05) is 5.56 Å². The summed E-state index contributed by atoms with van der Waals surface area (Å²) in [6, 6.07) is 14.4. The molecule has 3 aromatic carbocycles. The lowest BCUT2D eigenvalue weighted by molar-refractivity contribution is -0.136. The molecule has 0 radical (unpaired) electrons. The van der Waals surface area contributed by atoms with Crippen LogP contribution in [0.25, 0.3) is 22.5 Å². The van der Waals surface area contributed by atoms with Crippen LogP contribution in [0.15, 0.2) is 66.7 Å². The third kappa shape index (κ3) is 4.56. The molecule has 3 N–H and O–H groups in total. The number of alkyl halides is 3. The Labute approximate surface area is 178 Å². The number of nitrogens with one attached hydrogen (secondary N) is 3. The molecule has 0 bridgehead atoms. The van der Waals surface area contributed by atoms with E-state index in [1.165, 1.54) is 24.3 Å². The zero-order valence-corrected chi connectivity index (χ0v) is 16.1. The number of carbonyl (C=O) groups is 1. The Kier molecular flexibility index (Phi) is 5.54. The highest BCUT2D eigenvalue weighted by molar-refractivity contribution is 6.02. The highest BCUT2D eigenvalue weighted by Gasteiger charge is 2.33. The summed E-state index contributed by atoms with van der Waals surface area (Å²) in [5.74, 6) is -0.235. The molecular formula is C21H14F4N6O. The maximum absolute atomic E-state index is 13.2. The van der Waals surface area contributed by atoms with Crippen molar-refractivity contribution in [2.24, 2.45) is 0 Å². The van der Waals surface area contributed by atoms with Gasteiger partial charge in [-0.15, -0.1) is 10.2 Å². The highest BCUT2D eigenvalue weighted by Crippen LogP contribution is 2.35. The van der Waals surface area contributed by atoms with E-state index in [0.29, 0.717) is 16.7 Å². The van der Waals surface area contributed by atoms with Crippen molar-refractivity contribution in [3.63, 3.8) is 0 Å². The van der Waals surface area contributed by atoms with Gasteiger partial charge in [-0.25, -0.2) is 9.18 Å². The highest BCUT2D eigenvalue weighted by atomic mass is 19.4. The fourth-order valence-electron chi connectivity index (χ4n) is 3.05. The molecule has 2 amide bonds. The van der Waals surface area contributed by atoms with E-state index in [-0.39, 0.29) is 23.0 Å². The summed E-state index contributed by atoms with van der Waals surface area (Å²) in [4.78, 5) is 12.5. The molecular weight excluding hydrogens is 428 g/mol. The van der Waals surface area contributed by atoms with E-state index in [4.69, 9.17) is 0 Å². The first-order valence-electron chi connectivity index (χ1n) is 9.19. The molecule has 0 atom stereocenters. The Morgan fingerprint density at radius 3 is 2.25 bits per heavy atom. The van der Waals surface area contributed by atoms with Crippen molar-refractivity contribution in [1.82, 2.24) is 20.6 Å². The van der Waals surface area contributed by atoms with Gasteiger partial charge in [-0.1, -0.05) is 30.3 Å². The summed E-state index contributed by atoms with van der Waals surface area (Å²) in [6.45, 7) is 0. The predicted molar refractivity (Wildman–Crippen MR) is 109 cm³/mol. The van der Waals surface area contributed by atoms with E-state index in [1.807, 2.05) is 0 Å². The van der Waals surface area contributed by atoms with Crippen LogP contribution < -0.4 is 10.6 Å². The number of anilines is 2. The molecule has 162 valence electrons. The second-order valence-electron chi connectivity index (χ2n) is 6.63. The summed E-state index contributed by atoms with van der Waals surface area (Å²) < 4.78 is 52.8. The number of carbonyl (C=O) groups excluding carboxylic acids is 1. The van der Waals surface area contributed by atoms with E-state index in [1.54, 1.807) is 30.3 Å². The topological polar surface area (TPSA) is 95.6 Å². The molecule has 0 aliphatic carbocycles. The van der Waals surface area contributed by atoms with Crippen molar-refractivity contribution in [2.75, 3.05) is 10.6 Å². The maximum atomic E-state index is 13.2. The Hall–Kier alpha value is -4.28. The Bertz CT molecular complexity index is 1240. The molecule has 0 spiro atoms. The first-order valence-corrected chi connectivity index (χ1v) is 9.19. The lowest BCUT2D eigenvalue weighted by atomic mass is 10.0. The van der Waals surface area contributed by atoms with Crippen molar-refractivity contribution in [3.05, 3.63) is 78.1 Å². The summed E-state index contributed by atoms with van der Waals surface area (Å²) in [7, 11) is 0. The number of urea groups is 1. The van der Waals surface area contributed by atoms with Gasteiger partial charge in [0.25, 0.3) is 0 Å². The van der Waals surface area contributed by atoms with E-state index in [0.717, 1.165) is 12.1 Å². The molecule has 11 heteroatoms. The maximum Gasteiger partial charge on any atom is 0.418 e. The minimum atomic E-state index is -4.63. The van der Waals surface area contributed by atoms with Crippen molar-refractivity contribution >= 4 is 17.4 Å². The number of rotatable bonds is 4. The minimum Gasteiger partial charge on any atom is -0.307 e. The molecule has 1 heterocycles. The number of hydrogen-bond donors (Lipinski definition) is 3. The molecule has 4 aromatic rings. The first kappa shape index (κ1) is 21.0. The van der Waals surface area contributed by atoms with Gasteiger partial charge in [0.05, 0.1) is 16.9 Å². The Morgan fingerprint density at radius 1 is 0.875 bits per heavy atom. The third-order valence-electron chi connectivity index (χ3n) is 4.51. The first-order chi connectivity index (χ1) is 15.3. The molecule has 0 saturated heterocycles. The van der Waals surface area contributed by atoms with Crippen LogP contribution in [0.3, 0.4) is 0 Å². The number of nitrogens with zero attached hydrogens (tertiary/aromatic N) is 3. The van der Waals surface area contributed by atoms with Crippen LogP contribution in [-0.4, -0.2) is 26.7 Å². The number of para-hydroxylation sites is 1. The number of H-pyrrole nitrogens is 1. The molecule has 0 fully saturated rings. The van der Waals surface area contributed by atoms with E-state index < -0.39 is 17.8 Å². The Balaban J connectivity index is 1.64. The SMILES string of the molecule is O=C(Nc1ccc(-c2ccc(F)cc2)cc1-c1nn[nH]n1)Nc1ccccc1C(F)(F)F. The second kappa shape index (κ2) is 8.46. The predicted octanol–water partition coefficient (Wildman–Crippen LogP) is 5.34. The zero-order valence-electron chi connectivity index (χ0n) is 16.1. The van der Waals surface area contributed by atoms with Crippen LogP contribution in [0, 0.1) is 5.82 Å². The lowest BCUT2D eigenvalue weighted by Gasteiger charge is -2.15. The number of aromatic nitrogens is 4. The number of amides is 2. The van der Waals surface area contributed by atoms with Gasteiger partial charge >= 0.3 is 12.2 Å². The fraction of sp³-hybridized carbons (Fsp3) is 0.0476. The summed E-state index contributed by atoms with van der Waals surface area (Å²) in [5.41, 5.74) is 0.616. The molecule has 0 saturated carbocycles. The summed E-state index contributed by atoms with van der Waals surface area (Å²) in [5, 5.41) is 18.3. The summed E-state index contributed by atoms with van der Waals surface area (Å²) in [6.07, 6.45) is -4.63. The number of halogens is 4. The van der Waals surface area contributed by atoms with Crippen LogP contribution in [-0.2, 0) is 6.18 Å². The van der Waals surface area contributed by atoms with Gasteiger partial charge in [-0.3, -0.25) is 0 Å². The van der Waals surface area contributed by atoms with Crippen LogP contribution in [0.1, 0.15) is 5.56 Å². The minimum absolute atomic E-state index is 0.153. The average molecular weight is 442 g/mol. The van der Waals surface area contributed by atoms with E-state index in [2.05, 4.69) is 31.3 Å². The lowest BCUT2D eigenvalue weighted by Crippen LogP contribution is -2.22. The van der Waals surface area contributed by atoms with Gasteiger partial charge < -0.3 is 10.6 Å². The molecule has 32 heavy (non-hydrogen) atoms. The molecule has 1 aromatic heterocycles. The molecule has 0 aliphatic heterocycles. The smallest absolute Gasteiger partial charge is 0.307 e. The van der Waals surface area contributed by atoms with Crippen molar-refractivity contribution in [3.8, 4) is 22.5 Å². The number of benzene rings is 3. The van der Waals surface area contributed by atoms with Gasteiger partial charge in [0.2, 0.25) is 5.82 Å². The summed E-state index contributed by atoms with van der Waals surface area (Å²) >= 11 is 0. The monoisotopic (exact) mass is 442 g/mol. The van der Waals surface area contributed by atoms with Crippen LogP contribution >= 0.6 is 0 Å². The second-order valence-corrected chi connectivity index (χ2v) is 6.63.